The third kappa shape index (κ3) is 2.79. The van der Waals surface area contributed by atoms with Crippen LogP contribution in [0.1, 0.15) is 10.4 Å². The number of nitrogens with one attached hydrogen (secondary N) is 1. The number of hydrogen-bond acceptors (Lipinski definition) is 4. The highest BCUT2D eigenvalue weighted by Crippen LogP contribution is 2.27. The minimum absolute atomic E-state index is 0.0752. The van der Waals surface area contributed by atoms with Crippen molar-refractivity contribution in [3.8, 4) is 0 Å². The maximum absolute atomic E-state index is 9.53. The number of rotatable bonds is 3. The van der Waals surface area contributed by atoms with Gasteiger partial charge in [0.1, 0.15) is 0 Å². The van der Waals surface area contributed by atoms with E-state index in [4.69, 9.17) is 4.74 Å². The molecule has 0 radical (unpaired) electrons. The fraction of sp³-hybridized carbons (Fsp3) is 0.600. The lowest BCUT2D eigenvalue weighted by molar-refractivity contribution is 0.122. The van der Waals surface area contributed by atoms with Crippen LogP contribution in [0.15, 0.2) is 9.85 Å². The average Bonchev–Trinajstić information content (AvgIpc) is 2.72. The van der Waals surface area contributed by atoms with E-state index in [9.17, 15) is 5.11 Å². The summed E-state index contributed by atoms with van der Waals surface area (Å²) in [6.07, 6.45) is -0.366. The number of thiophene rings is 1. The summed E-state index contributed by atoms with van der Waals surface area (Å²) in [6, 6.07) is 2.23. The first-order chi connectivity index (χ1) is 7.16. The van der Waals surface area contributed by atoms with Gasteiger partial charge in [-0.1, -0.05) is 0 Å². The smallest absolute Gasteiger partial charge is 0.0948 e. The molecule has 1 aliphatic rings. The summed E-state index contributed by atoms with van der Waals surface area (Å²) in [4.78, 5) is 1.28. The molecule has 5 heteroatoms. The van der Waals surface area contributed by atoms with Gasteiger partial charge in [-0.05, 0) is 34.5 Å². The highest BCUT2D eigenvalue weighted by molar-refractivity contribution is 9.11. The quantitative estimate of drug-likeness (QED) is 0.890. The van der Waals surface area contributed by atoms with Crippen molar-refractivity contribution >= 4 is 27.3 Å². The van der Waals surface area contributed by atoms with Crippen LogP contribution in [0.2, 0.25) is 0 Å². The third-order valence-electron chi connectivity index (χ3n) is 2.50. The van der Waals surface area contributed by atoms with Crippen LogP contribution in [0.5, 0.6) is 0 Å². The van der Waals surface area contributed by atoms with E-state index in [-0.39, 0.29) is 12.1 Å². The highest BCUT2D eigenvalue weighted by Gasteiger charge is 2.25. The summed E-state index contributed by atoms with van der Waals surface area (Å²) in [5, 5.41) is 12.8. The number of aliphatic hydroxyl groups excluding tert-OH is 1. The van der Waals surface area contributed by atoms with Crippen LogP contribution in [0.4, 0.5) is 0 Å². The lowest BCUT2D eigenvalue weighted by Crippen LogP contribution is -2.38. The van der Waals surface area contributed by atoms with Crippen molar-refractivity contribution in [3.63, 3.8) is 0 Å². The fourth-order valence-electron chi connectivity index (χ4n) is 1.58. The van der Waals surface area contributed by atoms with Crippen molar-refractivity contribution in [3.05, 3.63) is 20.3 Å². The summed E-state index contributed by atoms with van der Waals surface area (Å²) in [5.41, 5.74) is 1.26. The van der Waals surface area contributed by atoms with E-state index in [1.165, 1.54) is 14.2 Å². The van der Waals surface area contributed by atoms with Gasteiger partial charge in [-0.15, -0.1) is 11.3 Å². The standard InChI is InChI=1S/C10H14BrNO2S/c1-6-2-7(15-10(6)11)3-12-8-4-14-5-9(8)13/h2,8-9,12-13H,3-5H2,1H3. The first kappa shape index (κ1) is 11.5. The maximum atomic E-state index is 9.53. The van der Waals surface area contributed by atoms with Crippen LogP contribution >= 0.6 is 27.3 Å². The number of aliphatic hydroxyl groups is 1. The second-order valence-electron chi connectivity index (χ2n) is 3.76. The zero-order chi connectivity index (χ0) is 10.8. The van der Waals surface area contributed by atoms with Gasteiger partial charge >= 0.3 is 0 Å². The molecule has 2 rings (SSSR count). The molecule has 1 fully saturated rings. The Bertz CT molecular complexity index is 323. The minimum Gasteiger partial charge on any atom is -0.389 e. The van der Waals surface area contributed by atoms with Crippen molar-refractivity contribution in [2.75, 3.05) is 13.2 Å². The maximum Gasteiger partial charge on any atom is 0.0948 e. The van der Waals surface area contributed by atoms with Crippen molar-refractivity contribution in [1.29, 1.82) is 0 Å². The number of halogens is 1. The number of aryl methyl sites for hydroxylation is 1. The van der Waals surface area contributed by atoms with Crippen LogP contribution in [-0.4, -0.2) is 30.5 Å². The second-order valence-corrected chi connectivity index (χ2v) is 6.22. The lowest BCUT2D eigenvalue weighted by atomic mass is 10.2. The van der Waals surface area contributed by atoms with E-state index >= 15 is 0 Å². The van der Waals surface area contributed by atoms with Crippen molar-refractivity contribution in [2.45, 2.75) is 25.6 Å². The summed E-state index contributed by atoms with van der Waals surface area (Å²) >= 11 is 5.23. The van der Waals surface area contributed by atoms with Crippen LogP contribution in [0.25, 0.3) is 0 Å². The Hall–Kier alpha value is 0.0600. The molecular formula is C10H14BrNO2S. The van der Waals surface area contributed by atoms with Gasteiger partial charge in [-0.2, -0.15) is 0 Å². The molecule has 2 atom stereocenters. The highest BCUT2D eigenvalue weighted by atomic mass is 79.9. The molecule has 0 saturated carbocycles. The van der Waals surface area contributed by atoms with E-state index in [1.807, 2.05) is 0 Å². The zero-order valence-electron chi connectivity index (χ0n) is 8.50. The average molecular weight is 292 g/mol. The molecule has 1 saturated heterocycles. The molecule has 2 heterocycles. The van der Waals surface area contributed by atoms with Gasteiger partial charge in [0.25, 0.3) is 0 Å². The van der Waals surface area contributed by atoms with Crippen LogP contribution in [0, 0.1) is 6.92 Å². The molecule has 3 nitrogen and oxygen atoms in total. The largest absolute Gasteiger partial charge is 0.389 e. The lowest BCUT2D eigenvalue weighted by Gasteiger charge is -2.13. The van der Waals surface area contributed by atoms with E-state index in [0.717, 1.165) is 6.54 Å². The third-order valence-corrected chi connectivity index (χ3v) is 4.63. The molecule has 0 bridgehead atoms. The Morgan fingerprint density at radius 2 is 2.47 bits per heavy atom. The van der Waals surface area contributed by atoms with Crippen LogP contribution in [0.3, 0.4) is 0 Å². The summed E-state index contributed by atoms with van der Waals surface area (Å²) in [6.45, 7) is 3.93. The van der Waals surface area contributed by atoms with Crippen LogP contribution < -0.4 is 5.32 Å². The first-order valence-corrected chi connectivity index (χ1v) is 6.52. The van der Waals surface area contributed by atoms with Gasteiger partial charge in [0.2, 0.25) is 0 Å². The number of hydrogen-bond donors (Lipinski definition) is 2. The normalized spacial score (nSPS) is 26.1. The number of ether oxygens (including phenoxy) is 1. The minimum atomic E-state index is -0.366. The Balaban J connectivity index is 1.87. The van der Waals surface area contributed by atoms with Gasteiger partial charge in [0, 0.05) is 11.4 Å². The Kier molecular flexibility index (Phi) is 3.79. The zero-order valence-corrected chi connectivity index (χ0v) is 10.9. The first-order valence-electron chi connectivity index (χ1n) is 4.91. The van der Waals surface area contributed by atoms with Gasteiger partial charge in [-0.3, -0.25) is 0 Å². The Morgan fingerprint density at radius 3 is 3.00 bits per heavy atom. The van der Waals surface area contributed by atoms with Gasteiger partial charge in [0.05, 0.1) is 29.1 Å². The van der Waals surface area contributed by atoms with Crippen LogP contribution in [-0.2, 0) is 11.3 Å². The van der Waals surface area contributed by atoms with Gasteiger partial charge in [-0.25, -0.2) is 0 Å². The van der Waals surface area contributed by atoms with E-state index in [2.05, 4.69) is 34.2 Å². The second kappa shape index (κ2) is 4.93. The van der Waals surface area contributed by atoms with Gasteiger partial charge < -0.3 is 15.2 Å². The predicted octanol–water partition coefficient (Wildman–Crippen LogP) is 1.67. The van der Waals surface area contributed by atoms with Crippen molar-refractivity contribution in [1.82, 2.24) is 5.32 Å². The molecule has 1 aliphatic heterocycles. The monoisotopic (exact) mass is 291 g/mol. The molecule has 84 valence electrons. The summed E-state index contributed by atoms with van der Waals surface area (Å²) < 4.78 is 6.35. The summed E-state index contributed by atoms with van der Waals surface area (Å²) in [5.74, 6) is 0. The molecule has 1 aromatic heterocycles. The predicted molar refractivity (Wildman–Crippen MR) is 64.2 cm³/mol. The Labute approximate surface area is 102 Å². The molecule has 0 amide bonds. The SMILES string of the molecule is Cc1cc(CNC2COCC2O)sc1Br. The topological polar surface area (TPSA) is 41.5 Å². The van der Waals surface area contributed by atoms with E-state index in [1.54, 1.807) is 11.3 Å². The Morgan fingerprint density at radius 1 is 1.67 bits per heavy atom. The summed E-state index contributed by atoms with van der Waals surface area (Å²) in [7, 11) is 0. The molecule has 2 N–H and O–H groups in total. The van der Waals surface area contributed by atoms with Gasteiger partial charge in [0.15, 0.2) is 0 Å². The molecule has 0 spiro atoms. The molecule has 2 unspecified atom stereocenters. The molecule has 1 aromatic rings. The fourth-order valence-corrected chi connectivity index (χ4v) is 3.16. The molecule has 0 aromatic carbocycles. The van der Waals surface area contributed by atoms with E-state index in [0.29, 0.717) is 13.2 Å². The molecule has 15 heavy (non-hydrogen) atoms. The van der Waals surface area contributed by atoms with Crippen molar-refractivity contribution in [2.24, 2.45) is 0 Å². The van der Waals surface area contributed by atoms with Crippen molar-refractivity contribution < 1.29 is 9.84 Å². The van der Waals surface area contributed by atoms with E-state index < -0.39 is 0 Å². The molecule has 0 aliphatic carbocycles. The molecular weight excluding hydrogens is 278 g/mol.